The molecule has 3 aromatic rings. The summed E-state index contributed by atoms with van der Waals surface area (Å²) in [5.41, 5.74) is 5.67. The molecule has 2 aromatic carbocycles. The van der Waals surface area contributed by atoms with Gasteiger partial charge in [0.2, 0.25) is 5.91 Å². The third-order valence-corrected chi connectivity index (χ3v) is 4.57. The summed E-state index contributed by atoms with van der Waals surface area (Å²) < 4.78 is 44.7. The van der Waals surface area contributed by atoms with Crippen LogP contribution in [0.3, 0.4) is 0 Å². The smallest absolute Gasteiger partial charge is 0.417 e. The molecule has 176 valence electrons. The molecule has 0 fully saturated rings. The maximum Gasteiger partial charge on any atom is 0.417 e. The van der Waals surface area contributed by atoms with Crippen molar-refractivity contribution in [3.05, 3.63) is 88.7 Å². The third kappa shape index (κ3) is 6.72. The zero-order valence-electron chi connectivity index (χ0n) is 17.6. The SMILES string of the molecule is CON=C(N)c1cc(Oc2cccc(/C=C/C(=O)Nc3ccc(Cl)c(C(F)(F)F)c3)c2)ccn1. The molecule has 1 aromatic heterocycles. The molecule has 0 saturated carbocycles. The van der Waals surface area contributed by atoms with Gasteiger partial charge in [-0.25, -0.2) is 0 Å². The molecule has 11 heteroatoms. The lowest BCUT2D eigenvalue weighted by molar-refractivity contribution is -0.137. The fraction of sp³-hybridized carbons (Fsp3) is 0.0870. The molecular formula is C23H18ClF3N4O3. The second-order valence-electron chi connectivity index (χ2n) is 6.73. The molecule has 1 amide bonds. The molecule has 0 unspecified atom stereocenters. The van der Waals surface area contributed by atoms with E-state index < -0.39 is 22.7 Å². The predicted molar refractivity (Wildman–Crippen MR) is 123 cm³/mol. The van der Waals surface area contributed by atoms with Crippen LogP contribution in [0.25, 0.3) is 6.08 Å². The molecule has 0 bridgehead atoms. The number of oxime groups is 1. The van der Waals surface area contributed by atoms with E-state index in [0.29, 0.717) is 22.8 Å². The lowest BCUT2D eigenvalue weighted by atomic mass is 10.2. The van der Waals surface area contributed by atoms with Crippen molar-refractivity contribution in [2.75, 3.05) is 12.4 Å². The Labute approximate surface area is 197 Å². The number of nitrogens with one attached hydrogen (secondary N) is 1. The molecule has 0 atom stereocenters. The van der Waals surface area contributed by atoms with E-state index in [1.54, 1.807) is 36.4 Å². The highest BCUT2D eigenvalue weighted by Crippen LogP contribution is 2.36. The van der Waals surface area contributed by atoms with E-state index in [-0.39, 0.29) is 11.5 Å². The number of pyridine rings is 1. The van der Waals surface area contributed by atoms with Gasteiger partial charge in [-0.3, -0.25) is 9.78 Å². The molecule has 0 aliphatic carbocycles. The Bertz CT molecular complexity index is 1250. The molecule has 0 saturated heterocycles. The largest absolute Gasteiger partial charge is 0.457 e. The maximum absolute atomic E-state index is 13.0. The molecule has 3 rings (SSSR count). The Kier molecular flexibility index (Phi) is 7.75. The van der Waals surface area contributed by atoms with E-state index in [0.717, 1.165) is 12.1 Å². The van der Waals surface area contributed by atoms with Crippen molar-refractivity contribution in [3.8, 4) is 11.5 Å². The number of hydrogen-bond acceptors (Lipinski definition) is 5. The number of halogens is 4. The van der Waals surface area contributed by atoms with Gasteiger partial charge in [0.1, 0.15) is 24.3 Å². The first kappa shape index (κ1) is 24.6. The number of benzene rings is 2. The standard InChI is InChI=1S/C23H18ClF3N4O3/c1-33-31-22(28)20-13-17(9-10-29-20)34-16-4-2-3-14(11-16)5-8-21(32)30-15-6-7-19(24)18(12-15)23(25,26)27/h2-13H,1H3,(H2,28,31)(H,30,32)/b8-5+. The van der Waals surface area contributed by atoms with E-state index in [2.05, 4.69) is 20.3 Å². The summed E-state index contributed by atoms with van der Waals surface area (Å²) in [6, 6.07) is 13.1. The van der Waals surface area contributed by atoms with Crippen molar-refractivity contribution < 1.29 is 27.5 Å². The molecule has 1 heterocycles. The van der Waals surface area contributed by atoms with E-state index >= 15 is 0 Å². The minimum Gasteiger partial charge on any atom is -0.457 e. The monoisotopic (exact) mass is 490 g/mol. The summed E-state index contributed by atoms with van der Waals surface area (Å²) in [5, 5.41) is 5.54. The fourth-order valence-corrected chi connectivity index (χ4v) is 2.98. The van der Waals surface area contributed by atoms with Crippen LogP contribution >= 0.6 is 11.6 Å². The van der Waals surface area contributed by atoms with Gasteiger partial charge in [0.25, 0.3) is 0 Å². The summed E-state index contributed by atoms with van der Waals surface area (Å²) in [6.45, 7) is 0. The molecule has 34 heavy (non-hydrogen) atoms. The molecule has 3 N–H and O–H groups in total. The number of amidine groups is 1. The van der Waals surface area contributed by atoms with Crippen molar-refractivity contribution in [1.82, 2.24) is 4.98 Å². The van der Waals surface area contributed by atoms with Gasteiger partial charge in [0.05, 0.1) is 10.6 Å². The summed E-state index contributed by atoms with van der Waals surface area (Å²) in [6.07, 6.45) is -0.457. The number of aromatic nitrogens is 1. The number of nitrogens with zero attached hydrogens (tertiary/aromatic N) is 2. The Morgan fingerprint density at radius 2 is 1.91 bits per heavy atom. The minimum atomic E-state index is -4.63. The lowest BCUT2D eigenvalue weighted by Gasteiger charge is -2.11. The van der Waals surface area contributed by atoms with Crippen LogP contribution in [0, 0.1) is 0 Å². The molecule has 0 aliphatic heterocycles. The lowest BCUT2D eigenvalue weighted by Crippen LogP contribution is -2.15. The quantitative estimate of drug-likeness (QED) is 0.198. The van der Waals surface area contributed by atoms with Crippen LogP contribution in [-0.4, -0.2) is 23.8 Å². The second-order valence-corrected chi connectivity index (χ2v) is 7.13. The Balaban J connectivity index is 1.69. The number of anilines is 1. The predicted octanol–water partition coefficient (Wildman–Crippen LogP) is 5.46. The van der Waals surface area contributed by atoms with Gasteiger partial charge in [-0.15, -0.1) is 0 Å². The van der Waals surface area contributed by atoms with Gasteiger partial charge < -0.3 is 20.6 Å². The highest BCUT2D eigenvalue weighted by Gasteiger charge is 2.33. The van der Waals surface area contributed by atoms with E-state index in [1.165, 1.54) is 31.5 Å². The van der Waals surface area contributed by atoms with Crippen LogP contribution in [-0.2, 0) is 15.8 Å². The number of amides is 1. The topological polar surface area (TPSA) is 98.8 Å². The molecule has 7 nitrogen and oxygen atoms in total. The zero-order valence-corrected chi connectivity index (χ0v) is 18.4. The number of rotatable bonds is 7. The van der Waals surface area contributed by atoms with Crippen LogP contribution in [0.1, 0.15) is 16.8 Å². The maximum atomic E-state index is 13.0. The van der Waals surface area contributed by atoms with Crippen LogP contribution < -0.4 is 15.8 Å². The first-order chi connectivity index (χ1) is 16.2. The van der Waals surface area contributed by atoms with Gasteiger partial charge in [0, 0.05) is 24.0 Å². The van der Waals surface area contributed by atoms with Crippen LogP contribution in [0.2, 0.25) is 5.02 Å². The minimum absolute atomic E-state index is 0.0340. The van der Waals surface area contributed by atoms with Crippen molar-refractivity contribution in [2.45, 2.75) is 6.18 Å². The number of alkyl halides is 3. The highest BCUT2D eigenvalue weighted by molar-refractivity contribution is 6.31. The summed E-state index contributed by atoms with van der Waals surface area (Å²) >= 11 is 5.59. The van der Waals surface area contributed by atoms with Crippen molar-refractivity contribution in [3.63, 3.8) is 0 Å². The van der Waals surface area contributed by atoms with Crippen molar-refractivity contribution >= 4 is 35.1 Å². The average molecular weight is 491 g/mol. The average Bonchev–Trinajstić information content (AvgIpc) is 2.79. The second kappa shape index (κ2) is 10.7. The van der Waals surface area contributed by atoms with Gasteiger partial charge in [-0.1, -0.05) is 28.9 Å². The first-order valence-corrected chi connectivity index (χ1v) is 10.0. The number of hydrogen-bond donors (Lipinski definition) is 2. The van der Waals surface area contributed by atoms with Gasteiger partial charge in [0.15, 0.2) is 5.84 Å². The van der Waals surface area contributed by atoms with E-state index in [1.807, 2.05) is 0 Å². The van der Waals surface area contributed by atoms with Crippen LogP contribution in [0.4, 0.5) is 18.9 Å². The summed E-state index contributed by atoms with van der Waals surface area (Å²) in [4.78, 5) is 20.9. The van der Waals surface area contributed by atoms with Gasteiger partial charge in [-0.05, 0) is 48.0 Å². The number of nitrogens with two attached hydrogens (primary N) is 1. The fourth-order valence-electron chi connectivity index (χ4n) is 2.75. The van der Waals surface area contributed by atoms with E-state index in [4.69, 9.17) is 22.1 Å². The Hall–Kier alpha value is -4.05. The van der Waals surface area contributed by atoms with Gasteiger partial charge >= 0.3 is 6.18 Å². The molecule has 0 spiro atoms. The molecular weight excluding hydrogens is 473 g/mol. The van der Waals surface area contributed by atoms with Crippen molar-refractivity contribution in [1.29, 1.82) is 0 Å². The number of ether oxygens (including phenoxy) is 1. The number of carbonyl (C=O) groups excluding carboxylic acids is 1. The van der Waals surface area contributed by atoms with Crippen molar-refractivity contribution in [2.24, 2.45) is 10.9 Å². The van der Waals surface area contributed by atoms with Crippen LogP contribution in [0.15, 0.2) is 72.0 Å². The third-order valence-electron chi connectivity index (χ3n) is 4.24. The van der Waals surface area contributed by atoms with E-state index in [9.17, 15) is 18.0 Å². The first-order valence-electron chi connectivity index (χ1n) is 9.62. The highest BCUT2D eigenvalue weighted by atomic mass is 35.5. The Morgan fingerprint density at radius 3 is 2.65 bits per heavy atom. The summed E-state index contributed by atoms with van der Waals surface area (Å²) in [5.74, 6) is 0.378. The Morgan fingerprint density at radius 1 is 1.15 bits per heavy atom. The number of carbonyl (C=O) groups is 1. The van der Waals surface area contributed by atoms with Gasteiger partial charge in [-0.2, -0.15) is 13.2 Å². The molecule has 0 aliphatic rings. The summed E-state index contributed by atoms with van der Waals surface area (Å²) in [7, 11) is 1.36. The zero-order chi connectivity index (χ0) is 24.7. The van der Waals surface area contributed by atoms with Crippen LogP contribution in [0.5, 0.6) is 11.5 Å². The normalized spacial score (nSPS) is 12.0. The molecule has 0 radical (unpaired) electrons.